The fourth-order valence-electron chi connectivity index (χ4n) is 1.42. The van der Waals surface area contributed by atoms with Crippen molar-refractivity contribution in [2.45, 2.75) is 30.1 Å². The Hall–Kier alpha value is -0.470. The van der Waals surface area contributed by atoms with E-state index in [0.29, 0.717) is 30.1 Å². The van der Waals surface area contributed by atoms with E-state index in [1.807, 2.05) is 0 Å². The summed E-state index contributed by atoms with van der Waals surface area (Å²) in [6.45, 7) is 2.47. The molecular weight excluding hydrogens is 272 g/mol. The van der Waals surface area contributed by atoms with Gasteiger partial charge in [-0.05, 0) is 38.4 Å². The molecule has 1 heterocycles. The monoisotopic (exact) mass is 292 g/mol. The van der Waals surface area contributed by atoms with E-state index in [4.69, 9.17) is 5.73 Å². The molecule has 0 aliphatic rings. The minimum Gasteiger partial charge on any atom is -0.393 e. The lowest BCUT2D eigenvalue weighted by Gasteiger charge is -2.16. The van der Waals surface area contributed by atoms with Crippen LogP contribution in [-0.4, -0.2) is 44.1 Å². The van der Waals surface area contributed by atoms with Gasteiger partial charge in [-0.2, -0.15) is 0 Å². The molecule has 0 aliphatic carbocycles. The first-order valence-corrected chi connectivity index (χ1v) is 8.06. The van der Waals surface area contributed by atoms with Crippen LogP contribution in [0.2, 0.25) is 0 Å². The molecule has 0 radical (unpaired) electrons. The molecule has 1 unspecified atom stereocenters. The first-order chi connectivity index (χ1) is 8.37. The van der Waals surface area contributed by atoms with Crippen LogP contribution in [-0.2, 0) is 16.4 Å². The Morgan fingerprint density at radius 2 is 2.17 bits per heavy atom. The van der Waals surface area contributed by atoms with E-state index in [1.165, 1.54) is 22.7 Å². The molecular formula is C11H20N2O3S2. The Balaban J connectivity index is 2.77. The maximum atomic E-state index is 12.2. The van der Waals surface area contributed by atoms with E-state index in [1.54, 1.807) is 19.1 Å². The highest BCUT2D eigenvalue weighted by Gasteiger charge is 2.22. The molecule has 104 valence electrons. The highest BCUT2D eigenvalue weighted by Crippen LogP contribution is 2.24. The molecule has 0 aliphatic heterocycles. The smallest absolute Gasteiger partial charge is 0.252 e. The summed E-state index contributed by atoms with van der Waals surface area (Å²) >= 11 is 1.25. The molecule has 7 heteroatoms. The molecule has 0 spiro atoms. The molecule has 0 aromatic carbocycles. The van der Waals surface area contributed by atoms with E-state index in [0.717, 1.165) is 4.88 Å². The average molecular weight is 292 g/mol. The van der Waals surface area contributed by atoms with Crippen LogP contribution in [0.4, 0.5) is 0 Å². The van der Waals surface area contributed by atoms with E-state index < -0.39 is 16.1 Å². The first-order valence-electron chi connectivity index (χ1n) is 5.81. The van der Waals surface area contributed by atoms with Crippen LogP contribution in [0.25, 0.3) is 0 Å². The summed E-state index contributed by atoms with van der Waals surface area (Å²) in [4.78, 5) is 0.972. The quantitative estimate of drug-likeness (QED) is 0.772. The zero-order chi connectivity index (χ0) is 13.8. The topological polar surface area (TPSA) is 83.6 Å². The Labute approximate surface area is 112 Å². The molecule has 3 N–H and O–H groups in total. The standard InChI is InChI=1S/C11H20N2O3S2/c1-9(14)6-8-13(2)18(15,16)11-4-3-10(17-11)5-7-12/h3-4,9,14H,5-8,12H2,1-2H3. The average Bonchev–Trinajstić information content (AvgIpc) is 2.75. The van der Waals surface area contributed by atoms with Crippen LogP contribution in [0.1, 0.15) is 18.2 Å². The summed E-state index contributed by atoms with van der Waals surface area (Å²) in [6, 6.07) is 3.41. The maximum absolute atomic E-state index is 12.2. The molecule has 0 saturated carbocycles. The number of nitrogens with two attached hydrogens (primary N) is 1. The summed E-state index contributed by atoms with van der Waals surface area (Å²) in [7, 11) is -1.90. The Morgan fingerprint density at radius 3 is 2.72 bits per heavy atom. The molecule has 0 amide bonds. The van der Waals surface area contributed by atoms with Gasteiger partial charge in [0.05, 0.1) is 6.10 Å². The van der Waals surface area contributed by atoms with Crippen molar-refractivity contribution in [2.75, 3.05) is 20.1 Å². The Kier molecular flexibility index (Phi) is 5.74. The number of rotatable bonds is 7. The third kappa shape index (κ3) is 4.03. The molecule has 18 heavy (non-hydrogen) atoms. The Morgan fingerprint density at radius 1 is 1.50 bits per heavy atom. The lowest BCUT2D eigenvalue weighted by Crippen LogP contribution is -2.29. The second-order valence-corrected chi connectivity index (χ2v) is 7.66. The van der Waals surface area contributed by atoms with Gasteiger partial charge in [-0.15, -0.1) is 11.3 Å². The van der Waals surface area contributed by atoms with Gasteiger partial charge in [-0.1, -0.05) is 0 Å². The molecule has 0 bridgehead atoms. The molecule has 1 rings (SSSR count). The zero-order valence-electron chi connectivity index (χ0n) is 10.7. The number of nitrogens with zero attached hydrogens (tertiary/aromatic N) is 1. The van der Waals surface area contributed by atoms with Crippen LogP contribution < -0.4 is 5.73 Å². The summed E-state index contributed by atoms with van der Waals surface area (Å²) in [5.41, 5.74) is 5.44. The third-order valence-electron chi connectivity index (χ3n) is 2.55. The minimum atomic E-state index is -3.43. The summed E-state index contributed by atoms with van der Waals surface area (Å²) in [6.07, 6.45) is 0.618. The zero-order valence-corrected chi connectivity index (χ0v) is 12.3. The van der Waals surface area contributed by atoms with Crippen molar-refractivity contribution in [1.29, 1.82) is 0 Å². The fourth-order valence-corrected chi connectivity index (χ4v) is 4.18. The second kappa shape index (κ2) is 6.63. The first kappa shape index (κ1) is 15.6. The van der Waals surface area contributed by atoms with Crippen molar-refractivity contribution in [3.8, 4) is 0 Å². The summed E-state index contributed by atoms with van der Waals surface area (Å²) in [5, 5.41) is 9.18. The van der Waals surface area contributed by atoms with Gasteiger partial charge in [-0.3, -0.25) is 0 Å². The molecule has 5 nitrogen and oxygen atoms in total. The minimum absolute atomic E-state index is 0.310. The van der Waals surface area contributed by atoms with Crippen molar-refractivity contribution in [1.82, 2.24) is 4.31 Å². The van der Waals surface area contributed by atoms with Crippen LogP contribution >= 0.6 is 11.3 Å². The highest BCUT2D eigenvalue weighted by molar-refractivity contribution is 7.91. The highest BCUT2D eigenvalue weighted by atomic mass is 32.2. The van der Waals surface area contributed by atoms with Gasteiger partial charge in [0.2, 0.25) is 0 Å². The van der Waals surface area contributed by atoms with Gasteiger partial charge in [0.15, 0.2) is 0 Å². The normalized spacial score (nSPS) is 14.1. The van der Waals surface area contributed by atoms with Crippen LogP contribution in [0.15, 0.2) is 16.3 Å². The van der Waals surface area contributed by atoms with Gasteiger partial charge in [-0.25, -0.2) is 12.7 Å². The number of aliphatic hydroxyl groups excluding tert-OH is 1. The van der Waals surface area contributed by atoms with Gasteiger partial charge in [0.1, 0.15) is 4.21 Å². The Bertz CT molecular complexity index is 468. The number of sulfonamides is 1. The SMILES string of the molecule is CC(O)CCN(C)S(=O)(=O)c1ccc(CCN)s1. The second-order valence-electron chi connectivity index (χ2n) is 4.22. The fraction of sp³-hybridized carbons (Fsp3) is 0.636. The maximum Gasteiger partial charge on any atom is 0.252 e. The van der Waals surface area contributed by atoms with E-state index in [-0.39, 0.29) is 0 Å². The predicted molar refractivity (Wildman–Crippen MR) is 73.2 cm³/mol. The number of thiophene rings is 1. The van der Waals surface area contributed by atoms with Gasteiger partial charge in [0, 0.05) is 18.5 Å². The van der Waals surface area contributed by atoms with E-state index >= 15 is 0 Å². The predicted octanol–water partition coefficient (Wildman–Crippen LogP) is 0.641. The third-order valence-corrected chi connectivity index (χ3v) is 6.02. The van der Waals surface area contributed by atoms with Crippen molar-refractivity contribution < 1.29 is 13.5 Å². The van der Waals surface area contributed by atoms with Gasteiger partial charge < -0.3 is 10.8 Å². The lowest BCUT2D eigenvalue weighted by atomic mass is 10.3. The van der Waals surface area contributed by atoms with Crippen molar-refractivity contribution in [3.05, 3.63) is 17.0 Å². The van der Waals surface area contributed by atoms with Crippen LogP contribution in [0, 0.1) is 0 Å². The van der Waals surface area contributed by atoms with E-state index in [2.05, 4.69) is 0 Å². The van der Waals surface area contributed by atoms with Gasteiger partial charge in [0.25, 0.3) is 10.0 Å². The van der Waals surface area contributed by atoms with Crippen LogP contribution in [0.5, 0.6) is 0 Å². The molecule has 0 fully saturated rings. The number of hydrogen-bond acceptors (Lipinski definition) is 5. The summed E-state index contributed by atoms with van der Waals surface area (Å²) in [5.74, 6) is 0. The largest absolute Gasteiger partial charge is 0.393 e. The van der Waals surface area contributed by atoms with Crippen LogP contribution in [0.3, 0.4) is 0 Å². The van der Waals surface area contributed by atoms with Crippen molar-refractivity contribution in [2.24, 2.45) is 5.73 Å². The lowest BCUT2D eigenvalue weighted by molar-refractivity contribution is 0.177. The molecule has 0 saturated heterocycles. The van der Waals surface area contributed by atoms with E-state index in [9.17, 15) is 13.5 Å². The molecule has 1 aromatic heterocycles. The number of hydrogen-bond donors (Lipinski definition) is 2. The molecule has 1 atom stereocenters. The van der Waals surface area contributed by atoms with Crippen molar-refractivity contribution >= 4 is 21.4 Å². The van der Waals surface area contributed by atoms with Crippen molar-refractivity contribution in [3.63, 3.8) is 0 Å². The summed E-state index contributed by atoms with van der Waals surface area (Å²) < 4.78 is 26.0. The van der Waals surface area contributed by atoms with Gasteiger partial charge >= 0.3 is 0 Å². The number of aliphatic hydroxyl groups is 1. The molecule has 1 aromatic rings.